The van der Waals surface area contributed by atoms with Crippen LogP contribution in [0.2, 0.25) is 0 Å². The van der Waals surface area contributed by atoms with E-state index in [0.29, 0.717) is 19.3 Å². The van der Waals surface area contributed by atoms with Crippen LogP contribution in [0.25, 0.3) is 0 Å². The zero-order chi connectivity index (χ0) is 12.2. The molecule has 3 heteroatoms. The largest absolute Gasteiger partial charge is 0.379 e. The summed E-state index contributed by atoms with van der Waals surface area (Å²) in [6.45, 7) is 11.8. The molecule has 0 radical (unpaired) electrons. The molecular formula is C13H29NO2. The van der Waals surface area contributed by atoms with Gasteiger partial charge in [0.25, 0.3) is 0 Å². The molecule has 16 heavy (non-hydrogen) atoms. The molecule has 0 aromatic carbocycles. The van der Waals surface area contributed by atoms with Crippen LogP contribution in [0.4, 0.5) is 0 Å². The number of rotatable bonds is 11. The van der Waals surface area contributed by atoms with Crippen LogP contribution in [-0.2, 0) is 9.47 Å². The Hall–Kier alpha value is -0.120. The molecule has 0 heterocycles. The maximum Gasteiger partial charge on any atom is 0.0704 e. The zero-order valence-corrected chi connectivity index (χ0v) is 11.4. The van der Waals surface area contributed by atoms with Gasteiger partial charge in [-0.1, -0.05) is 20.8 Å². The van der Waals surface area contributed by atoms with Gasteiger partial charge in [0.15, 0.2) is 0 Å². The van der Waals surface area contributed by atoms with Crippen molar-refractivity contribution in [3.63, 3.8) is 0 Å². The topological polar surface area (TPSA) is 30.5 Å². The van der Waals surface area contributed by atoms with Crippen molar-refractivity contribution in [2.24, 2.45) is 0 Å². The molecule has 3 nitrogen and oxygen atoms in total. The first-order valence-corrected chi connectivity index (χ1v) is 6.67. The Labute approximate surface area is 101 Å². The molecule has 0 aliphatic heterocycles. The maximum absolute atomic E-state index is 5.64. The molecule has 0 aliphatic carbocycles. The lowest BCUT2D eigenvalue weighted by Gasteiger charge is -2.19. The van der Waals surface area contributed by atoms with Crippen molar-refractivity contribution in [2.75, 3.05) is 26.4 Å². The van der Waals surface area contributed by atoms with E-state index in [2.05, 4.69) is 33.0 Å². The fraction of sp³-hybridized carbons (Fsp3) is 1.00. The molecule has 0 aromatic rings. The standard InChI is InChI=1S/C13H29NO2/c1-5-8-15-9-10-16-12(4)11-14-13(6-2)7-3/h12-14H,5-11H2,1-4H3. The number of nitrogens with one attached hydrogen (secondary N) is 1. The predicted octanol–water partition coefficient (Wildman–Crippen LogP) is 2.60. The van der Waals surface area contributed by atoms with Crippen molar-refractivity contribution >= 4 is 0 Å². The van der Waals surface area contributed by atoms with Gasteiger partial charge in [0.05, 0.1) is 19.3 Å². The van der Waals surface area contributed by atoms with Gasteiger partial charge in [-0.25, -0.2) is 0 Å². The minimum atomic E-state index is 0.269. The summed E-state index contributed by atoms with van der Waals surface area (Å²) in [7, 11) is 0. The average Bonchev–Trinajstić information content (AvgIpc) is 2.30. The number of ether oxygens (including phenoxy) is 2. The molecule has 0 spiro atoms. The summed E-state index contributed by atoms with van der Waals surface area (Å²) < 4.78 is 11.0. The normalized spacial score (nSPS) is 13.3. The lowest BCUT2D eigenvalue weighted by Crippen LogP contribution is -2.35. The average molecular weight is 231 g/mol. The molecule has 0 aliphatic rings. The summed E-state index contributed by atoms with van der Waals surface area (Å²) in [5, 5.41) is 3.51. The van der Waals surface area contributed by atoms with E-state index in [9.17, 15) is 0 Å². The summed E-state index contributed by atoms with van der Waals surface area (Å²) in [5.74, 6) is 0. The summed E-state index contributed by atoms with van der Waals surface area (Å²) in [5.41, 5.74) is 0. The molecule has 0 saturated carbocycles. The minimum absolute atomic E-state index is 0.269. The second-order valence-electron chi connectivity index (χ2n) is 4.22. The Kier molecular flexibility index (Phi) is 11.3. The quantitative estimate of drug-likeness (QED) is 0.554. The van der Waals surface area contributed by atoms with E-state index in [1.807, 2.05) is 0 Å². The fourth-order valence-electron chi connectivity index (χ4n) is 1.52. The Morgan fingerprint density at radius 1 is 1.00 bits per heavy atom. The van der Waals surface area contributed by atoms with Crippen LogP contribution in [0.3, 0.4) is 0 Å². The second-order valence-corrected chi connectivity index (χ2v) is 4.22. The molecule has 0 bridgehead atoms. The van der Waals surface area contributed by atoms with Crippen LogP contribution in [0, 0.1) is 0 Å². The van der Waals surface area contributed by atoms with E-state index in [-0.39, 0.29) is 6.10 Å². The van der Waals surface area contributed by atoms with E-state index < -0.39 is 0 Å². The minimum Gasteiger partial charge on any atom is -0.379 e. The molecule has 1 unspecified atom stereocenters. The van der Waals surface area contributed by atoms with Gasteiger partial charge in [-0.15, -0.1) is 0 Å². The van der Waals surface area contributed by atoms with Crippen LogP contribution in [0.1, 0.15) is 47.0 Å². The van der Waals surface area contributed by atoms with Crippen molar-refractivity contribution in [1.82, 2.24) is 5.32 Å². The Morgan fingerprint density at radius 3 is 2.25 bits per heavy atom. The van der Waals surface area contributed by atoms with E-state index in [0.717, 1.165) is 19.6 Å². The lowest BCUT2D eigenvalue weighted by molar-refractivity contribution is 0.0119. The van der Waals surface area contributed by atoms with Gasteiger partial charge in [0.1, 0.15) is 0 Å². The molecular weight excluding hydrogens is 202 g/mol. The van der Waals surface area contributed by atoms with E-state index >= 15 is 0 Å². The van der Waals surface area contributed by atoms with E-state index in [1.54, 1.807) is 0 Å². The third kappa shape index (κ3) is 9.13. The van der Waals surface area contributed by atoms with Gasteiger partial charge in [-0.05, 0) is 26.2 Å². The summed E-state index contributed by atoms with van der Waals surface area (Å²) in [6.07, 6.45) is 3.71. The van der Waals surface area contributed by atoms with Gasteiger partial charge in [0, 0.05) is 19.2 Å². The molecule has 0 amide bonds. The second kappa shape index (κ2) is 11.4. The maximum atomic E-state index is 5.64. The van der Waals surface area contributed by atoms with Gasteiger partial charge in [0.2, 0.25) is 0 Å². The molecule has 0 aromatic heterocycles. The van der Waals surface area contributed by atoms with Crippen LogP contribution < -0.4 is 5.32 Å². The Bertz CT molecular complexity index is 138. The summed E-state index contributed by atoms with van der Waals surface area (Å²) in [4.78, 5) is 0. The fourth-order valence-corrected chi connectivity index (χ4v) is 1.52. The van der Waals surface area contributed by atoms with Crippen molar-refractivity contribution < 1.29 is 9.47 Å². The molecule has 0 rings (SSSR count). The van der Waals surface area contributed by atoms with Crippen molar-refractivity contribution in [3.8, 4) is 0 Å². The van der Waals surface area contributed by atoms with Crippen LogP contribution in [-0.4, -0.2) is 38.5 Å². The van der Waals surface area contributed by atoms with Crippen LogP contribution in [0.15, 0.2) is 0 Å². The van der Waals surface area contributed by atoms with Crippen molar-refractivity contribution in [2.45, 2.75) is 59.1 Å². The zero-order valence-electron chi connectivity index (χ0n) is 11.4. The van der Waals surface area contributed by atoms with Crippen molar-refractivity contribution in [3.05, 3.63) is 0 Å². The lowest BCUT2D eigenvalue weighted by atomic mass is 10.1. The van der Waals surface area contributed by atoms with Gasteiger partial charge >= 0.3 is 0 Å². The van der Waals surface area contributed by atoms with Crippen molar-refractivity contribution in [1.29, 1.82) is 0 Å². The molecule has 0 fully saturated rings. The summed E-state index contributed by atoms with van der Waals surface area (Å²) >= 11 is 0. The first-order chi connectivity index (χ1) is 7.74. The Balaban J connectivity index is 3.33. The van der Waals surface area contributed by atoms with Crippen LogP contribution in [0.5, 0.6) is 0 Å². The highest BCUT2D eigenvalue weighted by atomic mass is 16.5. The first kappa shape index (κ1) is 15.9. The Morgan fingerprint density at radius 2 is 1.69 bits per heavy atom. The highest BCUT2D eigenvalue weighted by Gasteiger charge is 2.06. The monoisotopic (exact) mass is 231 g/mol. The highest BCUT2D eigenvalue weighted by Crippen LogP contribution is 1.97. The third-order valence-corrected chi connectivity index (χ3v) is 2.66. The first-order valence-electron chi connectivity index (χ1n) is 6.67. The molecule has 98 valence electrons. The van der Waals surface area contributed by atoms with E-state index in [4.69, 9.17) is 9.47 Å². The SMILES string of the molecule is CCCOCCOC(C)CNC(CC)CC. The van der Waals surface area contributed by atoms with Gasteiger partial charge in [-0.2, -0.15) is 0 Å². The van der Waals surface area contributed by atoms with Crippen LogP contribution >= 0.6 is 0 Å². The van der Waals surface area contributed by atoms with E-state index in [1.165, 1.54) is 12.8 Å². The molecule has 1 atom stereocenters. The molecule has 1 N–H and O–H groups in total. The smallest absolute Gasteiger partial charge is 0.0704 e. The molecule has 0 saturated heterocycles. The predicted molar refractivity (Wildman–Crippen MR) is 68.9 cm³/mol. The van der Waals surface area contributed by atoms with Gasteiger partial charge < -0.3 is 14.8 Å². The highest BCUT2D eigenvalue weighted by molar-refractivity contribution is 4.64. The number of hydrogen-bond donors (Lipinski definition) is 1. The summed E-state index contributed by atoms with van der Waals surface area (Å²) in [6, 6.07) is 0.627. The number of hydrogen-bond acceptors (Lipinski definition) is 3. The third-order valence-electron chi connectivity index (χ3n) is 2.66. The van der Waals surface area contributed by atoms with Gasteiger partial charge in [-0.3, -0.25) is 0 Å².